The Labute approximate surface area is 79.9 Å². The van der Waals surface area contributed by atoms with Crippen LogP contribution in [0.5, 0.6) is 5.75 Å². The van der Waals surface area contributed by atoms with Gasteiger partial charge in [0.25, 0.3) is 5.91 Å². The number of carbonyl (C=O) groups excluding carboxylic acids is 1. The molecule has 0 aromatic carbocycles. The summed E-state index contributed by atoms with van der Waals surface area (Å²) in [4.78, 5) is 15.2. The summed E-state index contributed by atoms with van der Waals surface area (Å²) in [5.74, 6) is 0.245. The van der Waals surface area contributed by atoms with Crippen LogP contribution in [0.1, 0.15) is 10.5 Å². The van der Waals surface area contributed by atoms with Gasteiger partial charge in [0.05, 0.1) is 6.54 Å². The average Bonchev–Trinajstić information content (AvgIpc) is 2.29. The van der Waals surface area contributed by atoms with E-state index in [1.54, 1.807) is 12.1 Å². The number of aromatic nitrogens is 1. The lowest BCUT2D eigenvalue weighted by molar-refractivity contribution is 0.0952. The maximum absolute atomic E-state index is 11.3. The second-order valence-corrected chi connectivity index (χ2v) is 2.97. The Morgan fingerprint density at radius 2 is 2.38 bits per heavy atom. The van der Waals surface area contributed by atoms with Crippen molar-refractivity contribution < 1.29 is 9.53 Å². The topological polar surface area (TPSA) is 51.2 Å². The zero-order valence-corrected chi connectivity index (χ0v) is 7.47. The molecule has 0 radical (unpaired) electrons. The normalized spacial score (nSPS) is 15.3. The third-order valence-corrected chi connectivity index (χ3v) is 1.90. The van der Waals surface area contributed by atoms with Gasteiger partial charge in [-0.05, 0) is 12.1 Å². The highest BCUT2D eigenvalue weighted by Crippen LogP contribution is 2.20. The molecule has 1 aromatic rings. The van der Waals surface area contributed by atoms with Crippen LogP contribution in [0, 0.1) is 0 Å². The Morgan fingerprint density at radius 1 is 1.54 bits per heavy atom. The van der Waals surface area contributed by atoms with E-state index < -0.39 is 0 Å². The standard InChI is InChI=1S/C8H7ClN2O2/c9-6-2-1-5-7(11-6)8(12)10-3-4-13-5/h1-2H,3-4H2,(H,10,12). The van der Waals surface area contributed by atoms with Crippen LogP contribution in [0.25, 0.3) is 0 Å². The molecule has 2 heterocycles. The van der Waals surface area contributed by atoms with Gasteiger partial charge in [0, 0.05) is 0 Å². The van der Waals surface area contributed by atoms with Crippen LogP contribution in [-0.4, -0.2) is 24.0 Å². The highest BCUT2D eigenvalue weighted by atomic mass is 35.5. The van der Waals surface area contributed by atoms with Crippen LogP contribution in [0.3, 0.4) is 0 Å². The molecule has 0 aliphatic carbocycles. The van der Waals surface area contributed by atoms with Crippen LogP contribution < -0.4 is 10.1 Å². The maximum atomic E-state index is 11.3. The number of carbonyl (C=O) groups is 1. The highest BCUT2D eigenvalue weighted by molar-refractivity contribution is 6.29. The number of pyridine rings is 1. The van der Waals surface area contributed by atoms with Crippen molar-refractivity contribution in [1.29, 1.82) is 0 Å². The average molecular weight is 199 g/mol. The molecule has 0 bridgehead atoms. The third kappa shape index (κ3) is 1.58. The minimum atomic E-state index is -0.241. The van der Waals surface area contributed by atoms with Gasteiger partial charge in [0.2, 0.25) is 0 Å². The van der Waals surface area contributed by atoms with Crippen LogP contribution in [0.2, 0.25) is 5.15 Å². The summed E-state index contributed by atoms with van der Waals surface area (Å²) < 4.78 is 5.27. The molecule has 0 saturated heterocycles. The van der Waals surface area contributed by atoms with Crippen LogP contribution in [-0.2, 0) is 0 Å². The molecule has 4 nitrogen and oxygen atoms in total. The first kappa shape index (κ1) is 8.31. The van der Waals surface area contributed by atoms with Crippen molar-refractivity contribution >= 4 is 17.5 Å². The van der Waals surface area contributed by atoms with E-state index in [0.717, 1.165) is 0 Å². The molecular formula is C8H7ClN2O2. The third-order valence-electron chi connectivity index (χ3n) is 1.68. The summed E-state index contributed by atoms with van der Waals surface area (Å²) in [6.07, 6.45) is 0. The summed E-state index contributed by atoms with van der Waals surface area (Å²) in [5.41, 5.74) is 0.255. The molecule has 1 N–H and O–H groups in total. The van der Waals surface area contributed by atoms with E-state index in [1.807, 2.05) is 0 Å². The highest BCUT2D eigenvalue weighted by Gasteiger charge is 2.17. The van der Waals surface area contributed by atoms with Gasteiger partial charge >= 0.3 is 0 Å². The first-order valence-electron chi connectivity index (χ1n) is 3.85. The number of fused-ring (bicyclic) bond motifs is 1. The van der Waals surface area contributed by atoms with E-state index in [4.69, 9.17) is 16.3 Å². The van der Waals surface area contributed by atoms with Crippen molar-refractivity contribution in [1.82, 2.24) is 10.3 Å². The van der Waals surface area contributed by atoms with Crippen LogP contribution in [0.15, 0.2) is 12.1 Å². The molecule has 13 heavy (non-hydrogen) atoms. The Hall–Kier alpha value is -1.29. The van der Waals surface area contributed by atoms with E-state index in [9.17, 15) is 4.79 Å². The van der Waals surface area contributed by atoms with E-state index in [-0.39, 0.29) is 11.6 Å². The minimum Gasteiger partial charge on any atom is -0.489 e. The number of nitrogens with zero attached hydrogens (tertiary/aromatic N) is 1. The second kappa shape index (κ2) is 3.22. The Bertz CT molecular complexity index is 354. The van der Waals surface area contributed by atoms with Gasteiger partial charge in [-0.2, -0.15) is 0 Å². The number of halogens is 1. The van der Waals surface area contributed by atoms with E-state index >= 15 is 0 Å². The van der Waals surface area contributed by atoms with Gasteiger partial charge in [0.15, 0.2) is 11.4 Å². The van der Waals surface area contributed by atoms with Crippen molar-refractivity contribution in [2.24, 2.45) is 0 Å². The van der Waals surface area contributed by atoms with E-state index in [1.165, 1.54) is 0 Å². The molecule has 0 atom stereocenters. The molecule has 1 aliphatic rings. The zero-order valence-electron chi connectivity index (χ0n) is 6.71. The van der Waals surface area contributed by atoms with E-state index in [2.05, 4.69) is 10.3 Å². The van der Waals surface area contributed by atoms with Crippen LogP contribution >= 0.6 is 11.6 Å². The lowest BCUT2D eigenvalue weighted by Crippen LogP contribution is -2.25. The summed E-state index contributed by atoms with van der Waals surface area (Å²) >= 11 is 5.65. The summed E-state index contributed by atoms with van der Waals surface area (Å²) in [6, 6.07) is 3.24. The van der Waals surface area contributed by atoms with Gasteiger partial charge in [0.1, 0.15) is 11.8 Å². The minimum absolute atomic E-state index is 0.241. The number of hydrogen-bond acceptors (Lipinski definition) is 3. The van der Waals surface area contributed by atoms with Crippen LogP contribution in [0.4, 0.5) is 0 Å². The molecule has 0 unspecified atom stereocenters. The van der Waals surface area contributed by atoms with Gasteiger partial charge in [-0.1, -0.05) is 11.6 Å². The van der Waals surface area contributed by atoms with Gasteiger partial charge in [-0.25, -0.2) is 4.98 Å². The lowest BCUT2D eigenvalue weighted by Gasteiger charge is -2.03. The first-order valence-corrected chi connectivity index (χ1v) is 4.23. The van der Waals surface area contributed by atoms with Crippen molar-refractivity contribution in [3.05, 3.63) is 23.0 Å². The Kier molecular flexibility index (Phi) is 2.06. The number of rotatable bonds is 0. The van der Waals surface area contributed by atoms with E-state index in [0.29, 0.717) is 24.1 Å². The number of amides is 1. The summed E-state index contributed by atoms with van der Waals surface area (Å²) in [7, 11) is 0. The van der Waals surface area contributed by atoms with Gasteiger partial charge < -0.3 is 10.1 Å². The lowest BCUT2D eigenvalue weighted by atomic mass is 10.3. The SMILES string of the molecule is O=C1NCCOc2ccc(Cl)nc21. The molecule has 0 fully saturated rings. The number of hydrogen-bond donors (Lipinski definition) is 1. The monoisotopic (exact) mass is 198 g/mol. The molecule has 1 aromatic heterocycles. The smallest absolute Gasteiger partial charge is 0.273 e. The Morgan fingerprint density at radius 3 is 3.23 bits per heavy atom. The molecule has 5 heteroatoms. The molecule has 2 rings (SSSR count). The largest absolute Gasteiger partial charge is 0.489 e. The molecule has 68 valence electrons. The first-order chi connectivity index (χ1) is 6.27. The van der Waals surface area contributed by atoms with Crippen molar-refractivity contribution in [2.75, 3.05) is 13.2 Å². The summed E-state index contributed by atoms with van der Waals surface area (Å²) in [6.45, 7) is 0.953. The maximum Gasteiger partial charge on any atom is 0.273 e. The zero-order chi connectivity index (χ0) is 9.26. The van der Waals surface area contributed by atoms with Crippen molar-refractivity contribution in [3.8, 4) is 5.75 Å². The predicted molar refractivity (Wildman–Crippen MR) is 47.1 cm³/mol. The number of ether oxygens (including phenoxy) is 1. The molecule has 0 spiro atoms. The van der Waals surface area contributed by atoms with Crippen molar-refractivity contribution in [3.63, 3.8) is 0 Å². The summed E-state index contributed by atoms with van der Waals surface area (Å²) in [5, 5.41) is 2.93. The fourth-order valence-electron chi connectivity index (χ4n) is 1.11. The fourth-order valence-corrected chi connectivity index (χ4v) is 1.26. The number of nitrogens with one attached hydrogen (secondary N) is 1. The molecule has 1 aliphatic heterocycles. The second-order valence-electron chi connectivity index (χ2n) is 2.59. The molecule has 0 saturated carbocycles. The quantitative estimate of drug-likeness (QED) is 0.629. The molecule has 1 amide bonds. The fraction of sp³-hybridized carbons (Fsp3) is 0.250. The van der Waals surface area contributed by atoms with Crippen molar-refractivity contribution in [2.45, 2.75) is 0 Å². The van der Waals surface area contributed by atoms with Gasteiger partial charge in [-0.3, -0.25) is 4.79 Å². The Balaban J connectivity index is 2.49. The predicted octanol–water partition coefficient (Wildman–Crippen LogP) is 0.857. The molecular weight excluding hydrogens is 192 g/mol. The van der Waals surface area contributed by atoms with Gasteiger partial charge in [-0.15, -0.1) is 0 Å².